The van der Waals surface area contributed by atoms with Gasteiger partial charge in [0.1, 0.15) is 0 Å². The molecule has 0 aliphatic carbocycles. The van der Waals surface area contributed by atoms with Crippen LogP contribution in [0.15, 0.2) is 17.5 Å². The van der Waals surface area contributed by atoms with Crippen molar-refractivity contribution in [1.82, 2.24) is 4.90 Å². The molecule has 2 rings (SSSR count). The number of nitrogens with two attached hydrogens (primary N) is 1. The predicted octanol–water partition coefficient (Wildman–Crippen LogP) is 2.44. The Morgan fingerprint density at radius 3 is 2.78 bits per heavy atom. The molecule has 0 aromatic carbocycles. The first-order valence-electron chi connectivity index (χ1n) is 6.31. The number of piperidine rings is 1. The summed E-state index contributed by atoms with van der Waals surface area (Å²) in [6.45, 7) is 1.69. The van der Waals surface area contributed by atoms with Crippen LogP contribution in [-0.4, -0.2) is 29.9 Å². The van der Waals surface area contributed by atoms with Crippen LogP contribution in [0.3, 0.4) is 0 Å². The van der Waals surface area contributed by atoms with Gasteiger partial charge in [0.25, 0.3) is 0 Å². The molecule has 0 unspecified atom stereocenters. The van der Waals surface area contributed by atoms with Crippen LogP contribution >= 0.6 is 23.7 Å². The minimum Gasteiger partial charge on any atom is -0.343 e. The molecule has 1 saturated heterocycles. The first kappa shape index (κ1) is 15.5. The van der Waals surface area contributed by atoms with Crippen LogP contribution < -0.4 is 5.73 Å². The van der Waals surface area contributed by atoms with Crippen LogP contribution in [0.2, 0.25) is 0 Å². The van der Waals surface area contributed by atoms with Crippen molar-refractivity contribution in [3.8, 4) is 0 Å². The number of carbonyl (C=O) groups excluding carboxylic acids is 1. The van der Waals surface area contributed by atoms with Crippen molar-refractivity contribution in [2.75, 3.05) is 13.1 Å². The predicted molar refractivity (Wildman–Crippen MR) is 78.3 cm³/mol. The molecule has 102 valence electrons. The fraction of sp³-hybridized carbons (Fsp3) is 0.615. The molecule has 1 aliphatic heterocycles. The number of thiophene rings is 1. The average Bonchev–Trinajstić information content (AvgIpc) is 2.83. The summed E-state index contributed by atoms with van der Waals surface area (Å²) in [5.74, 6) is 0.299. The molecule has 3 nitrogen and oxygen atoms in total. The van der Waals surface area contributed by atoms with Crippen LogP contribution in [0.25, 0.3) is 0 Å². The number of rotatable bonds is 4. The fourth-order valence-electron chi connectivity index (χ4n) is 2.18. The van der Waals surface area contributed by atoms with Gasteiger partial charge in [0.2, 0.25) is 5.91 Å². The highest BCUT2D eigenvalue weighted by atomic mass is 35.5. The Hall–Kier alpha value is -0.580. The van der Waals surface area contributed by atoms with Gasteiger partial charge in [-0.3, -0.25) is 4.79 Å². The lowest BCUT2D eigenvalue weighted by molar-refractivity contribution is -0.132. The molecule has 1 aromatic rings. The molecule has 2 heterocycles. The van der Waals surface area contributed by atoms with Gasteiger partial charge in [0, 0.05) is 30.4 Å². The van der Waals surface area contributed by atoms with Crippen LogP contribution in [0, 0.1) is 0 Å². The quantitative estimate of drug-likeness (QED) is 0.925. The molecule has 0 spiro atoms. The Bertz CT molecular complexity index is 348. The van der Waals surface area contributed by atoms with E-state index in [-0.39, 0.29) is 12.4 Å². The van der Waals surface area contributed by atoms with Gasteiger partial charge in [-0.2, -0.15) is 0 Å². The monoisotopic (exact) mass is 288 g/mol. The minimum atomic E-state index is 0. The second kappa shape index (κ2) is 7.77. The third-order valence-corrected chi connectivity index (χ3v) is 4.22. The lowest BCUT2D eigenvalue weighted by Crippen LogP contribution is -2.42. The number of carbonyl (C=O) groups is 1. The maximum atomic E-state index is 11.9. The van der Waals surface area contributed by atoms with E-state index in [2.05, 4.69) is 17.5 Å². The standard InChI is InChI=1S/C13H20N2OS.ClH/c14-11-6-8-15(9-7-11)13(16)5-1-3-12-4-2-10-17-12;/h2,4,10-11H,1,3,5-9,14H2;1H. The van der Waals surface area contributed by atoms with Gasteiger partial charge in [0.05, 0.1) is 0 Å². The summed E-state index contributed by atoms with van der Waals surface area (Å²) >= 11 is 1.77. The van der Waals surface area contributed by atoms with Crippen molar-refractivity contribution in [1.29, 1.82) is 0 Å². The zero-order chi connectivity index (χ0) is 12.1. The highest BCUT2D eigenvalue weighted by Crippen LogP contribution is 2.14. The maximum Gasteiger partial charge on any atom is 0.222 e. The van der Waals surface area contributed by atoms with Crippen molar-refractivity contribution in [2.24, 2.45) is 5.73 Å². The molecule has 0 saturated carbocycles. The second-order valence-corrected chi connectivity index (χ2v) is 5.68. The molecule has 5 heteroatoms. The maximum absolute atomic E-state index is 11.9. The molecule has 1 aliphatic rings. The first-order chi connectivity index (χ1) is 8.25. The number of nitrogens with zero attached hydrogens (tertiary/aromatic N) is 1. The zero-order valence-corrected chi connectivity index (χ0v) is 12.1. The second-order valence-electron chi connectivity index (χ2n) is 4.65. The smallest absolute Gasteiger partial charge is 0.222 e. The van der Waals surface area contributed by atoms with Crippen LogP contribution in [0.4, 0.5) is 0 Å². The van der Waals surface area contributed by atoms with Crippen LogP contribution in [0.1, 0.15) is 30.6 Å². The number of halogens is 1. The van der Waals surface area contributed by atoms with Gasteiger partial charge >= 0.3 is 0 Å². The van der Waals surface area contributed by atoms with Gasteiger partial charge in [0.15, 0.2) is 0 Å². The molecular weight excluding hydrogens is 268 g/mol. The Balaban J connectivity index is 0.00000162. The SMILES string of the molecule is Cl.NC1CCN(C(=O)CCCc2cccs2)CC1. The van der Waals surface area contributed by atoms with E-state index in [1.165, 1.54) is 4.88 Å². The van der Waals surface area contributed by atoms with Crippen molar-refractivity contribution in [3.63, 3.8) is 0 Å². The Morgan fingerprint density at radius 2 is 2.17 bits per heavy atom. The summed E-state index contributed by atoms with van der Waals surface area (Å²) in [5, 5.41) is 2.09. The summed E-state index contributed by atoms with van der Waals surface area (Å²) in [5.41, 5.74) is 5.82. The summed E-state index contributed by atoms with van der Waals surface area (Å²) in [7, 11) is 0. The van der Waals surface area contributed by atoms with Crippen molar-refractivity contribution in [2.45, 2.75) is 38.1 Å². The lowest BCUT2D eigenvalue weighted by Gasteiger charge is -2.30. The number of hydrogen-bond donors (Lipinski definition) is 1. The van der Waals surface area contributed by atoms with Gasteiger partial charge < -0.3 is 10.6 Å². The van der Waals surface area contributed by atoms with Crippen LogP contribution in [0.5, 0.6) is 0 Å². The van der Waals surface area contributed by atoms with Crippen molar-refractivity contribution in [3.05, 3.63) is 22.4 Å². The van der Waals surface area contributed by atoms with E-state index < -0.39 is 0 Å². The van der Waals surface area contributed by atoms with E-state index >= 15 is 0 Å². The summed E-state index contributed by atoms with van der Waals surface area (Å²) in [6.07, 6.45) is 4.57. The average molecular weight is 289 g/mol. The van der Waals surface area contributed by atoms with Gasteiger partial charge in [-0.05, 0) is 37.1 Å². The molecule has 1 amide bonds. The Labute approximate surface area is 119 Å². The molecule has 2 N–H and O–H groups in total. The number of aryl methyl sites for hydroxylation is 1. The summed E-state index contributed by atoms with van der Waals surface area (Å²) < 4.78 is 0. The summed E-state index contributed by atoms with van der Waals surface area (Å²) in [4.78, 5) is 15.3. The Morgan fingerprint density at radius 1 is 1.44 bits per heavy atom. The van der Waals surface area contributed by atoms with E-state index in [0.717, 1.165) is 38.8 Å². The number of hydrogen-bond acceptors (Lipinski definition) is 3. The van der Waals surface area contributed by atoms with E-state index in [9.17, 15) is 4.79 Å². The minimum absolute atomic E-state index is 0. The third kappa shape index (κ3) is 4.59. The van der Waals surface area contributed by atoms with Gasteiger partial charge in [-0.15, -0.1) is 23.7 Å². The van der Waals surface area contributed by atoms with Crippen LogP contribution in [-0.2, 0) is 11.2 Å². The molecule has 0 radical (unpaired) electrons. The lowest BCUT2D eigenvalue weighted by atomic mass is 10.1. The van der Waals surface area contributed by atoms with Gasteiger partial charge in [-0.25, -0.2) is 0 Å². The molecule has 0 bridgehead atoms. The Kier molecular flexibility index (Phi) is 6.68. The number of amides is 1. The van der Waals surface area contributed by atoms with E-state index in [1.807, 2.05) is 4.90 Å². The van der Waals surface area contributed by atoms with E-state index in [0.29, 0.717) is 18.4 Å². The normalized spacial score (nSPS) is 16.4. The summed E-state index contributed by atoms with van der Waals surface area (Å²) in [6, 6.07) is 4.49. The first-order valence-corrected chi connectivity index (χ1v) is 7.19. The number of likely N-dealkylation sites (tertiary alicyclic amines) is 1. The third-order valence-electron chi connectivity index (χ3n) is 3.29. The molecule has 1 fully saturated rings. The molecule has 18 heavy (non-hydrogen) atoms. The molecule has 1 aromatic heterocycles. The highest BCUT2D eigenvalue weighted by molar-refractivity contribution is 7.09. The molecule has 0 atom stereocenters. The van der Waals surface area contributed by atoms with Crippen molar-refractivity contribution < 1.29 is 4.79 Å². The van der Waals surface area contributed by atoms with Crippen molar-refractivity contribution >= 4 is 29.7 Å². The fourth-order valence-corrected chi connectivity index (χ4v) is 2.93. The zero-order valence-electron chi connectivity index (χ0n) is 10.5. The van der Waals surface area contributed by atoms with E-state index in [1.54, 1.807) is 11.3 Å². The van der Waals surface area contributed by atoms with Gasteiger partial charge in [-0.1, -0.05) is 6.07 Å². The molecular formula is C13H21ClN2OS. The topological polar surface area (TPSA) is 46.3 Å². The largest absolute Gasteiger partial charge is 0.343 e. The highest BCUT2D eigenvalue weighted by Gasteiger charge is 2.19. The van der Waals surface area contributed by atoms with E-state index in [4.69, 9.17) is 5.73 Å².